The van der Waals surface area contributed by atoms with Crippen LogP contribution in [0.25, 0.3) is 0 Å². The molecule has 0 saturated heterocycles. The molecule has 0 saturated carbocycles. The van der Waals surface area contributed by atoms with Crippen LogP contribution in [-0.4, -0.2) is 37.1 Å². The Balaban J connectivity index is 1.78. The van der Waals surface area contributed by atoms with Gasteiger partial charge in [-0.3, -0.25) is 4.79 Å². The molecule has 4 nitrogen and oxygen atoms in total. The molecular formula is C19H22FNO3. The second-order valence-corrected chi connectivity index (χ2v) is 5.64. The van der Waals surface area contributed by atoms with Gasteiger partial charge in [-0.25, -0.2) is 4.39 Å². The van der Waals surface area contributed by atoms with Crippen LogP contribution >= 0.6 is 0 Å². The lowest BCUT2D eigenvalue weighted by molar-refractivity contribution is -0.136. The molecule has 0 aromatic heterocycles. The second-order valence-electron chi connectivity index (χ2n) is 5.64. The number of amides is 1. The molecule has 0 fully saturated rings. The summed E-state index contributed by atoms with van der Waals surface area (Å²) in [6, 6.07) is 13.3. The van der Waals surface area contributed by atoms with Crippen molar-refractivity contribution in [3.63, 3.8) is 0 Å². The smallest absolute Gasteiger partial charge is 0.263 e. The van der Waals surface area contributed by atoms with E-state index in [0.29, 0.717) is 24.7 Å². The Morgan fingerprint density at radius 1 is 1.08 bits per heavy atom. The molecule has 0 radical (unpaired) electrons. The Bertz CT molecular complexity index is 655. The van der Waals surface area contributed by atoms with Gasteiger partial charge in [-0.1, -0.05) is 17.7 Å². The normalized spacial score (nSPS) is 11.7. The SMILES string of the molecule is Cc1ccc(OC(C)C(=O)N(C)CCOc2ccc(F)cc2)cc1. The van der Waals surface area contributed by atoms with Gasteiger partial charge >= 0.3 is 0 Å². The molecule has 128 valence electrons. The molecule has 1 atom stereocenters. The zero-order chi connectivity index (χ0) is 17.5. The average molecular weight is 331 g/mol. The topological polar surface area (TPSA) is 38.8 Å². The molecule has 2 rings (SSSR count). The molecule has 2 aromatic rings. The predicted octanol–water partition coefficient (Wildman–Crippen LogP) is 3.44. The lowest BCUT2D eigenvalue weighted by atomic mass is 10.2. The molecule has 0 aliphatic rings. The maximum Gasteiger partial charge on any atom is 0.263 e. The van der Waals surface area contributed by atoms with Crippen LogP contribution in [-0.2, 0) is 4.79 Å². The van der Waals surface area contributed by atoms with Crippen LogP contribution in [0, 0.1) is 12.7 Å². The summed E-state index contributed by atoms with van der Waals surface area (Å²) in [5.41, 5.74) is 1.14. The molecule has 0 aliphatic heterocycles. The highest BCUT2D eigenvalue weighted by atomic mass is 19.1. The molecule has 0 aliphatic carbocycles. The Morgan fingerprint density at radius 3 is 2.29 bits per heavy atom. The number of rotatable bonds is 7. The van der Waals surface area contributed by atoms with E-state index in [9.17, 15) is 9.18 Å². The minimum atomic E-state index is -0.580. The summed E-state index contributed by atoms with van der Waals surface area (Å²) in [4.78, 5) is 13.9. The van der Waals surface area contributed by atoms with Crippen molar-refractivity contribution in [3.05, 3.63) is 59.9 Å². The fourth-order valence-corrected chi connectivity index (χ4v) is 2.12. The number of ether oxygens (including phenoxy) is 2. The van der Waals surface area contributed by atoms with Crippen molar-refractivity contribution in [1.29, 1.82) is 0 Å². The highest BCUT2D eigenvalue weighted by Crippen LogP contribution is 2.14. The minimum absolute atomic E-state index is 0.127. The van der Waals surface area contributed by atoms with Gasteiger partial charge in [-0.2, -0.15) is 0 Å². The van der Waals surface area contributed by atoms with Crippen molar-refractivity contribution in [2.75, 3.05) is 20.2 Å². The van der Waals surface area contributed by atoms with E-state index in [0.717, 1.165) is 5.56 Å². The molecule has 1 unspecified atom stereocenters. The first-order chi connectivity index (χ1) is 11.5. The Hall–Kier alpha value is -2.56. The van der Waals surface area contributed by atoms with Gasteiger partial charge in [0.15, 0.2) is 6.10 Å². The van der Waals surface area contributed by atoms with Gasteiger partial charge < -0.3 is 14.4 Å². The fraction of sp³-hybridized carbons (Fsp3) is 0.316. The molecule has 5 heteroatoms. The van der Waals surface area contributed by atoms with E-state index in [4.69, 9.17) is 9.47 Å². The van der Waals surface area contributed by atoms with Crippen molar-refractivity contribution in [2.45, 2.75) is 20.0 Å². The molecule has 2 aromatic carbocycles. The van der Waals surface area contributed by atoms with E-state index < -0.39 is 6.10 Å². The average Bonchev–Trinajstić information content (AvgIpc) is 2.58. The monoisotopic (exact) mass is 331 g/mol. The van der Waals surface area contributed by atoms with E-state index in [-0.39, 0.29) is 11.7 Å². The van der Waals surface area contributed by atoms with Crippen molar-refractivity contribution in [3.8, 4) is 11.5 Å². The Kier molecular flexibility index (Phi) is 6.18. The van der Waals surface area contributed by atoms with Gasteiger partial charge in [-0.05, 0) is 50.2 Å². The third-order valence-corrected chi connectivity index (χ3v) is 3.57. The maximum absolute atomic E-state index is 12.8. The summed E-state index contributed by atoms with van der Waals surface area (Å²) < 4.78 is 24.0. The van der Waals surface area contributed by atoms with Crippen molar-refractivity contribution in [1.82, 2.24) is 4.90 Å². The van der Waals surface area contributed by atoms with Crippen molar-refractivity contribution in [2.24, 2.45) is 0 Å². The summed E-state index contributed by atoms with van der Waals surface area (Å²) in [6.07, 6.45) is -0.580. The molecule has 24 heavy (non-hydrogen) atoms. The van der Waals surface area contributed by atoms with E-state index in [1.807, 2.05) is 31.2 Å². The number of hydrogen-bond acceptors (Lipinski definition) is 3. The number of hydrogen-bond donors (Lipinski definition) is 0. The number of nitrogens with zero attached hydrogens (tertiary/aromatic N) is 1. The predicted molar refractivity (Wildman–Crippen MR) is 90.8 cm³/mol. The summed E-state index contributed by atoms with van der Waals surface area (Å²) in [6.45, 7) is 4.45. The molecular weight excluding hydrogens is 309 g/mol. The standard InChI is InChI=1S/C19H22FNO3/c1-14-4-8-18(9-5-14)24-15(2)19(22)21(3)12-13-23-17-10-6-16(20)7-11-17/h4-11,15H,12-13H2,1-3H3. The molecule has 0 bridgehead atoms. The van der Waals surface area contributed by atoms with Crippen molar-refractivity contribution < 1.29 is 18.7 Å². The lowest BCUT2D eigenvalue weighted by Gasteiger charge is -2.22. The number of aryl methyl sites for hydroxylation is 1. The molecule has 0 heterocycles. The fourth-order valence-electron chi connectivity index (χ4n) is 2.12. The first kappa shape index (κ1) is 17.8. The maximum atomic E-state index is 12.8. The van der Waals surface area contributed by atoms with Crippen LogP contribution < -0.4 is 9.47 Å². The summed E-state index contributed by atoms with van der Waals surface area (Å²) in [5, 5.41) is 0. The first-order valence-corrected chi connectivity index (χ1v) is 7.82. The third-order valence-electron chi connectivity index (χ3n) is 3.57. The summed E-state index contributed by atoms with van der Waals surface area (Å²) in [5.74, 6) is 0.800. The summed E-state index contributed by atoms with van der Waals surface area (Å²) >= 11 is 0. The van der Waals surface area contributed by atoms with Crippen LogP contribution in [0.1, 0.15) is 12.5 Å². The molecule has 1 amide bonds. The van der Waals surface area contributed by atoms with Gasteiger partial charge in [0, 0.05) is 7.05 Å². The van der Waals surface area contributed by atoms with Crippen LogP contribution in [0.2, 0.25) is 0 Å². The van der Waals surface area contributed by atoms with E-state index in [1.165, 1.54) is 12.1 Å². The second kappa shape index (κ2) is 8.34. The van der Waals surface area contributed by atoms with Crippen LogP contribution in [0.4, 0.5) is 4.39 Å². The van der Waals surface area contributed by atoms with Gasteiger partial charge in [0.1, 0.15) is 23.9 Å². The summed E-state index contributed by atoms with van der Waals surface area (Å²) in [7, 11) is 1.70. The van der Waals surface area contributed by atoms with Crippen LogP contribution in [0.3, 0.4) is 0 Å². The largest absolute Gasteiger partial charge is 0.492 e. The minimum Gasteiger partial charge on any atom is -0.492 e. The lowest BCUT2D eigenvalue weighted by Crippen LogP contribution is -2.39. The van der Waals surface area contributed by atoms with Gasteiger partial charge in [0.2, 0.25) is 0 Å². The van der Waals surface area contributed by atoms with Gasteiger partial charge in [0.25, 0.3) is 5.91 Å². The van der Waals surface area contributed by atoms with Crippen LogP contribution in [0.5, 0.6) is 11.5 Å². The highest BCUT2D eigenvalue weighted by Gasteiger charge is 2.19. The van der Waals surface area contributed by atoms with E-state index in [2.05, 4.69) is 0 Å². The zero-order valence-corrected chi connectivity index (χ0v) is 14.2. The van der Waals surface area contributed by atoms with Crippen LogP contribution in [0.15, 0.2) is 48.5 Å². The highest BCUT2D eigenvalue weighted by molar-refractivity contribution is 5.80. The van der Waals surface area contributed by atoms with E-state index in [1.54, 1.807) is 31.0 Å². The first-order valence-electron chi connectivity index (χ1n) is 7.82. The number of likely N-dealkylation sites (N-methyl/N-ethyl adjacent to an activating group) is 1. The quantitative estimate of drug-likeness (QED) is 0.780. The number of halogens is 1. The van der Waals surface area contributed by atoms with Gasteiger partial charge in [0.05, 0.1) is 6.54 Å². The van der Waals surface area contributed by atoms with Gasteiger partial charge in [-0.15, -0.1) is 0 Å². The number of carbonyl (C=O) groups excluding carboxylic acids is 1. The van der Waals surface area contributed by atoms with Crippen molar-refractivity contribution >= 4 is 5.91 Å². The molecule has 0 spiro atoms. The Labute approximate surface area is 141 Å². The zero-order valence-electron chi connectivity index (χ0n) is 14.2. The van der Waals surface area contributed by atoms with E-state index >= 15 is 0 Å². The number of benzene rings is 2. The molecule has 0 N–H and O–H groups in total. The third kappa shape index (κ3) is 5.26. The Morgan fingerprint density at radius 2 is 1.67 bits per heavy atom. The number of carbonyl (C=O) groups is 1.